The molecule has 3 nitrogen and oxygen atoms in total. The first kappa shape index (κ1) is 13.4. The summed E-state index contributed by atoms with van der Waals surface area (Å²) in [5.74, 6) is -1.22. The van der Waals surface area contributed by atoms with Gasteiger partial charge in [-0.2, -0.15) is 5.26 Å². The van der Waals surface area contributed by atoms with Crippen molar-refractivity contribution in [3.8, 4) is 6.07 Å². The van der Waals surface area contributed by atoms with Gasteiger partial charge in [-0.25, -0.2) is 8.78 Å². The fraction of sp³-hybridized carbons (Fsp3) is 0.273. The number of halogens is 3. The molecule has 0 bridgehead atoms. The van der Waals surface area contributed by atoms with Crippen LogP contribution in [0.3, 0.4) is 0 Å². The Kier molecular flexibility index (Phi) is 4.41. The summed E-state index contributed by atoms with van der Waals surface area (Å²) >= 11 is 5.59. The fourth-order valence-electron chi connectivity index (χ4n) is 1.50. The molecule has 0 aliphatic heterocycles. The normalized spacial score (nSPS) is 10.3. The Hall–Kier alpha value is -1.67. The number of alkyl halides is 3. The molecule has 1 N–H and O–H groups in total. The first-order chi connectivity index (χ1) is 8.01. The van der Waals surface area contributed by atoms with Crippen LogP contribution in [-0.4, -0.2) is 11.1 Å². The van der Waals surface area contributed by atoms with Gasteiger partial charge in [-0.05, 0) is 11.1 Å². The van der Waals surface area contributed by atoms with Gasteiger partial charge in [0.2, 0.25) is 0 Å². The summed E-state index contributed by atoms with van der Waals surface area (Å²) in [6.07, 6.45) is -3.31. The van der Waals surface area contributed by atoms with E-state index in [9.17, 15) is 13.6 Å². The molecule has 0 amide bonds. The van der Waals surface area contributed by atoms with Crippen LogP contribution < -0.4 is 0 Å². The van der Waals surface area contributed by atoms with Gasteiger partial charge in [-0.3, -0.25) is 4.79 Å². The van der Waals surface area contributed by atoms with E-state index in [-0.39, 0.29) is 17.0 Å². The quantitative estimate of drug-likeness (QED) is 0.846. The number of carbonyl (C=O) groups is 1. The molecule has 0 fully saturated rings. The SMILES string of the molecule is N#Cc1c(C(F)F)ccc(CCl)c1CC(=O)O. The molecular weight excluding hydrogens is 252 g/mol. The maximum atomic E-state index is 12.6. The maximum Gasteiger partial charge on any atom is 0.307 e. The third-order valence-corrected chi connectivity index (χ3v) is 2.55. The number of nitrogens with zero attached hydrogens (tertiary/aromatic N) is 1. The Morgan fingerprint density at radius 2 is 2.18 bits per heavy atom. The summed E-state index contributed by atoms with van der Waals surface area (Å²) in [6.45, 7) is 0. The molecular formula is C11H8ClF2NO2. The molecule has 0 unspecified atom stereocenters. The molecule has 0 aliphatic carbocycles. The van der Waals surface area contributed by atoms with Crippen LogP contribution in [0.2, 0.25) is 0 Å². The molecule has 0 atom stereocenters. The summed E-state index contributed by atoms with van der Waals surface area (Å²) in [6, 6.07) is 4.05. The Balaban J connectivity index is 3.44. The third kappa shape index (κ3) is 2.92. The second-order valence-electron chi connectivity index (χ2n) is 3.28. The molecule has 1 aromatic rings. The van der Waals surface area contributed by atoms with Gasteiger partial charge in [-0.15, -0.1) is 11.6 Å². The zero-order chi connectivity index (χ0) is 13.0. The Labute approximate surface area is 101 Å². The van der Waals surface area contributed by atoms with Crippen molar-refractivity contribution in [2.45, 2.75) is 18.7 Å². The molecule has 0 saturated carbocycles. The lowest BCUT2D eigenvalue weighted by molar-refractivity contribution is -0.136. The van der Waals surface area contributed by atoms with Crippen LogP contribution in [0.5, 0.6) is 0 Å². The number of hydrogen-bond acceptors (Lipinski definition) is 2. The molecule has 90 valence electrons. The summed E-state index contributed by atoms with van der Waals surface area (Å²) in [5, 5.41) is 17.6. The van der Waals surface area contributed by atoms with E-state index in [1.807, 2.05) is 0 Å². The second kappa shape index (κ2) is 5.60. The number of rotatable bonds is 4. The molecule has 17 heavy (non-hydrogen) atoms. The van der Waals surface area contributed by atoms with Gasteiger partial charge < -0.3 is 5.11 Å². The van der Waals surface area contributed by atoms with E-state index in [2.05, 4.69) is 0 Å². The van der Waals surface area contributed by atoms with Crippen molar-refractivity contribution < 1.29 is 18.7 Å². The number of aliphatic carboxylic acids is 1. The van der Waals surface area contributed by atoms with Gasteiger partial charge in [0.15, 0.2) is 0 Å². The van der Waals surface area contributed by atoms with E-state index in [1.165, 1.54) is 6.07 Å². The molecule has 1 rings (SSSR count). The second-order valence-corrected chi connectivity index (χ2v) is 3.55. The van der Waals surface area contributed by atoms with E-state index in [0.717, 1.165) is 6.07 Å². The van der Waals surface area contributed by atoms with Crippen LogP contribution in [-0.2, 0) is 17.1 Å². The van der Waals surface area contributed by atoms with Crippen molar-refractivity contribution in [2.24, 2.45) is 0 Å². The number of benzene rings is 1. The van der Waals surface area contributed by atoms with Crippen molar-refractivity contribution in [1.29, 1.82) is 5.26 Å². The summed E-state index contributed by atoms with van der Waals surface area (Å²) in [5.41, 5.74) is -0.305. The summed E-state index contributed by atoms with van der Waals surface area (Å²) in [4.78, 5) is 10.6. The minimum Gasteiger partial charge on any atom is -0.481 e. The summed E-state index contributed by atoms with van der Waals surface area (Å²) < 4.78 is 25.3. The average Bonchev–Trinajstić information content (AvgIpc) is 2.27. The smallest absolute Gasteiger partial charge is 0.307 e. The third-order valence-electron chi connectivity index (χ3n) is 2.26. The first-order valence-corrected chi connectivity index (χ1v) is 5.15. The van der Waals surface area contributed by atoms with Crippen LogP contribution in [0.25, 0.3) is 0 Å². The van der Waals surface area contributed by atoms with E-state index in [0.29, 0.717) is 5.56 Å². The average molecular weight is 260 g/mol. The van der Waals surface area contributed by atoms with Crippen LogP contribution in [0.15, 0.2) is 12.1 Å². The van der Waals surface area contributed by atoms with E-state index in [1.54, 1.807) is 6.07 Å². The zero-order valence-corrected chi connectivity index (χ0v) is 9.34. The van der Waals surface area contributed by atoms with Crippen LogP contribution in [0, 0.1) is 11.3 Å². The highest BCUT2D eigenvalue weighted by atomic mass is 35.5. The first-order valence-electron chi connectivity index (χ1n) is 4.62. The lowest BCUT2D eigenvalue weighted by Crippen LogP contribution is -2.08. The minimum absolute atomic E-state index is 0.0270. The molecule has 0 aliphatic rings. The fourth-order valence-corrected chi connectivity index (χ4v) is 1.75. The van der Waals surface area contributed by atoms with Crippen LogP contribution in [0.4, 0.5) is 8.78 Å². The standard InChI is InChI=1S/C11H8ClF2NO2/c12-4-6-1-2-7(11(13)14)9(5-15)8(6)3-10(16)17/h1-2,11H,3-4H2,(H,16,17). The van der Waals surface area contributed by atoms with Gasteiger partial charge in [0.25, 0.3) is 6.43 Å². The van der Waals surface area contributed by atoms with Gasteiger partial charge in [0.1, 0.15) is 0 Å². The lowest BCUT2D eigenvalue weighted by Gasteiger charge is -2.11. The van der Waals surface area contributed by atoms with Crippen molar-refractivity contribution in [3.05, 3.63) is 34.4 Å². The van der Waals surface area contributed by atoms with Crippen molar-refractivity contribution in [3.63, 3.8) is 0 Å². The maximum absolute atomic E-state index is 12.6. The Morgan fingerprint density at radius 3 is 2.59 bits per heavy atom. The van der Waals surface area contributed by atoms with Gasteiger partial charge in [0.05, 0.1) is 18.1 Å². The molecule has 0 aromatic heterocycles. The van der Waals surface area contributed by atoms with Crippen molar-refractivity contribution >= 4 is 17.6 Å². The summed E-state index contributed by atoms with van der Waals surface area (Å²) in [7, 11) is 0. The predicted molar refractivity (Wildman–Crippen MR) is 57.0 cm³/mol. The van der Waals surface area contributed by atoms with Crippen LogP contribution >= 0.6 is 11.6 Å². The monoisotopic (exact) mass is 259 g/mol. The topological polar surface area (TPSA) is 61.1 Å². The van der Waals surface area contributed by atoms with Crippen molar-refractivity contribution in [1.82, 2.24) is 0 Å². The molecule has 0 saturated heterocycles. The van der Waals surface area contributed by atoms with Gasteiger partial charge in [0, 0.05) is 11.4 Å². The number of hydrogen-bond donors (Lipinski definition) is 1. The largest absolute Gasteiger partial charge is 0.481 e. The molecule has 0 heterocycles. The zero-order valence-electron chi connectivity index (χ0n) is 8.58. The highest BCUT2D eigenvalue weighted by Crippen LogP contribution is 2.28. The molecule has 0 spiro atoms. The molecule has 0 radical (unpaired) electrons. The molecule has 6 heteroatoms. The highest BCUT2D eigenvalue weighted by Gasteiger charge is 2.20. The Bertz CT molecular complexity index is 483. The number of carboxylic acids is 1. The van der Waals surface area contributed by atoms with Gasteiger partial charge >= 0.3 is 5.97 Å². The Morgan fingerprint density at radius 1 is 1.53 bits per heavy atom. The van der Waals surface area contributed by atoms with Gasteiger partial charge in [-0.1, -0.05) is 12.1 Å². The van der Waals surface area contributed by atoms with E-state index < -0.39 is 24.4 Å². The van der Waals surface area contributed by atoms with E-state index in [4.69, 9.17) is 22.0 Å². The van der Waals surface area contributed by atoms with Crippen LogP contribution in [0.1, 0.15) is 28.7 Å². The number of nitriles is 1. The highest BCUT2D eigenvalue weighted by molar-refractivity contribution is 6.17. The van der Waals surface area contributed by atoms with E-state index >= 15 is 0 Å². The van der Waals surface area contributed by atoms with Crippen molar-refractivity contribution in [2.75, 3.05) is 0 Å². The molecule has 1 aromatic carbocycles. The minimum atomic E-state index is -2.82. The predicted octanol–water partition coefficient (Wildman–Crippen LogP) is 2.86. The lowest BCUT2D eigenvalue weighted by atomic mass is 9.95. The number of carboxylic acid groups (broad SMARTS) is 1.